The fourth-order valence-electron chi connectivity index (χ4n) is 2.33. The summed E-state index contributed by atoms with van der Waals surface area (Å²) in [4.78, 5) is 4.61. The van der Waals surface area contributed by atoms with Crippen LogP contribution in [0.25, 0.3) is 22.3 Å². The maximum Gasteiger partial charge on any atom is 0.145 e. The summed E-state index contributed by atoms with van der Waals surface area (Å²) in [6, 6.07) is 7.71. The van der Waals surface area contributed by atoms with Gasteiger partial charge in [0, 0.05) is 11.6 Å². The van der Waals surface area contributed by atoms with Crippen molar-refractivity contribution in [2.45, 2.75) is 19.1 Å². The van der Waals surface area contributed by atoms with E-state index >= 15 is 0 Å². The highest BCUT2D eigenvalue weighted by atomic mass is 16.5. The minimum Gasteiger partial charge on any atom is -0.513 e. The number of pyridine rings is 1. The zero-order valence-corrected chi connectivity index (χ0v) is 12.4. The lowest BCUT2D eigenvalue weighted by atomic mass is 9.52. The van der Waals surface area contributed by atoms with Crippen LogP contribution in [0.15, 0.2) is 30.5 Å². The molecular weight excluding hydrogens is 271 g/mol. The molecule has 22 heavy (non-hydrogen) atoms. The second-order valence-corrected chi connectivity index (χ2v) is 5.34. The molecular formula is C15H12B3N3O. The summed E-state index contributed by atoms with van der Waals surface area (Å²) in [6.45, 7) is 4.06. The van der Waals surface area contributed by atoms with Gasteiger partial charge in [0.1, 0.15) is 40.5 Å². The van der Waals surface area contributed by atoms with E-state index in [1.54, 1.807) is 12.3 Å². The van der Waals surface area contributed by atoms with Crippen molar-refractivity contribution in [3.63, 3.8) is 0 Å². The minimum absolute atomic E-state index is 0.401. The molecule has 0 aliphatic carbocycles. The molecule has 102 valence electrons. The van der Waals surface area contributed by atoms with Crippen molar-refractivity contribution in [1.82, 2.24) is 15.2 Å². The molecule has 0 unspecified atom stereocenters. The van der Waals surface area contributed by atoms with E-state index in [1.807, 2.05) is 32.0 Å². The van der Waals surface area contributed by atoms with E-state index in [1.165, 1.54) is 0 Å². The van der Waals surface area contributed by atoms with Crippen molar-refractivity contribution in [3.8, 4) is 17.0 Å². The average molecular weight is 283 g/mol. The zero-order chi connectivity index (χ0) is 15.9. The number of aryl methyl sites for hydroxylation is 1. The monoisotopic (exact) mass is 283 g/mol. The number of rotatable bonds is 3. The van der Waals surface area contributed by atoms with Gasteiger partial charge < -0.3 is 4.74 Å². The Morgan fingerprint density at radius 3 is 2.68 bits per heavy atom. The van der Waals surface area contributed by atoms with Gasteiger partial charge >= 0.3 is 0 Å². The molecule has 3 aromatic rings. The molecule has 1 aromatic carbocycles. The lowest BCUT2D eigenvalue weighted by molar-refractivity contribution is 0.319. The van der Waals surface area contributed by atoms with Crippen LogP contribution in [0.4, 0.5) is 0 Å². The summed E-state index contributed by atoms with van der Waals surface area (Å²) < 4.78 is 5.48. The Labute approximate surface area is 132 Å². The van der Waals surface area contributed by atoms with Crippen LogP contribution >= 0.6 is 0 Å². The molecule has 1 N–H and O–H groups in total. The van der Waals surface area contributed by atoms with Crippen LogP contribution in [0.1, 0.15) is 11.1 Å². The number of aromatic amines is 1. The molecule has 0 spiro atoms. The molecule has 2 heterocycles. The van der Waals surface area contributed by atoms with Crippen molar-refractivity contribution >= 4 is 34.6 Å². The van der Waals surface area contributed by atoms with Crippen LogP contribution < -0.4 is 4.74 Å². The quantitative estimate of drug-likeness (QED) is 0.745. The number of hydrogen-bond donors (Lipinski definition) is 1. The summed E-state index contributed by atoms with van der Waals surface area (Å²) in [6.07, 6.45) is 1.65. The molecule has 0 saturated heterocycles. The summed E-state index contributed by atoms with van der Waals surface area (Å²) in [5.74, 6) is 0.401. The molecule has 4 nitrogen and oxygen atoms in total. The first kappa shape index (κ1) is 14.8. The lowest BCUT2D eigenvalue weighted by Gasteiger charge is -2.25. The summed E-state index contributed by atoms with van der Waals surface area (Å²) in [7, 11) is 16.7. The largest absolute Gasteiger partial charge is 0.513 e. The number of hydrogen-bond acceptors (Lipinski definition) is 3. The molecule has 0 saturated carbocycles. The van der Waals surface area contributed by atoms with Gasteiger partial charge in [0.25, 0.3) is 0 Å². The van der Waals surface area contributed by atoms with Crippen LogP contribution in [0.5, 0.6) is 5.75 Å². The van der Waals surface area contributed by atoms with Crippen molar-refractivity contribution in [1.29, 1.82) is 0 Å². The van der Waals surface area contributed by atoms with E-state index in [0.29, 0.717) is 17.0 Å². The number of ether oxygens (including phenoxy) is 1. The Morgan fingerprint density at radius 2 is 1.95 bits per heavy atom. The highest BCUT2D eigenvalue weighted by molar-refractivity contribution is 6.58. The highest BCUT2D eigenvalue weighted by Crippen LogP contribution is 2.34. The highest BCUT2D eigenvalue weighted by Gasteiger charge is 2.18. The third-order valence-corrected chi connectivity index (χ3v) is 3.54. The van der Waals surface area contributed by atoms with Crippen LogP contribution in [-0.2, 0) is 0 Å². The third-order valence-electron chi connectivity index (χ3n) is 3.54. The van der Waals surface area contributed by atoms with Gasteiger partial charge in [-0.3, -0.25) is 5.10 Å². The average Bonchev–Trinajstić information content (AvgIpc) is 2.86. The van der Waals surface area contributed by atoms with Gasteiger partial charge in [-0.25, -0.2) is 4.98 Å². The summed E-state index contributed by atoms with van der Waals surface area (Å²) in [5.41, 5.74) is 5.24. The topological polar surface area (TPSA) is 50.8 Å². The Morgan fingerprint density at radius 1 is 1.18 bits per heavy atom. The molecule has 3 rings (SSSR count). The molecule has 0 bridgehead atoms. The molecule has 0 aliphatic rings. The maximum absolute atomic E-state index is 5.58. The number of nitrogens with zero attached hydrogens (tertiary/aromatic N) is 2. The smallest absolute Gasteiger partial charge is 0.145 e. The zero-order valence-electron chi connectivity index (χ0n) is 12.4. The Kier molecular flexibility index (Phi) is 3.51. The first-order valence-corrected chi connectivity index (χ1v) is 6.81. The fraction of sp³-hybridized carbons (Fsp3) is 0.200. The van der Waals surface area contributed by atoms with E-state index in [-0.39, 0.29) is 0 Å². The number of H-pyrrole nitrogens is 1. The van der Waals surface area contributed by atoms with E-state index < -0.39 is 5.30 Å². The molecule has 0 fully saturated rings. The fourth-order valence-corrected chi connectivity index (χ4v) is 2.33. The molecule has 7 heteroatoms. The van der Waals surface area contributed by atoms with Gasteiger partial charge in [0.15, 0.2) is 0 Å². The molecule has 0 atom stereocenters. The van der Waals surface area contributed by atoms with Gasteiger partial charge in [-0.05, 0) is 30.3 Å². The normalized spacial score (nSPS) is 11.7. The van der Waals surface area contributed by atoms with Crippen LogP contribution in [0.2, 0.25) is 0 Å². The van der Waals surface area contributed by atoms with Gasteiger partial charge in [-0.2, -0.15) is 5.10 Å². The predicted octanol–water partition coefficient (Wildman–Crippen LogP) is 1.74. The standard InChI is InChI=1S/C15H12B3N3O/c1-8-4-3-5-10(9(8)2)14-13(22-15(16,17)18)6-11-12(20-14)7-19-21-11/h3-7H,1-2H3,(H,19,21). The molecule has 0 amide bonds. The second-order valence-electron chi connectivity index (χ2n) is 5.34. The number of nitrogens with one attached hydrogen (secondary N) is 1. The van der Waals surface area contributed by atoms with Gasteiger partial charge in [0.2, 0.25) is 0 Å². The third kappa shape index (κ3) is 2.75. The predicted molar refractivity (Wildman–Crippen MR) is 89.4 cm³/mol. The van der Waals surface area contributed by atoms with Crippen molar-refractivity contribution < 1.29 is 4.74 Å². The van der Waals surface area contributed by atoms with Crippen LogP contribution in [0.3, 0.4) is 0 Å². The molecule has 2 aromatic heterocycles. The number of aromatic nitrogens is 3. The Hall–Kier alpha value is -2.17. The summed E-state index contributed by atoms with van der Waals surface area (Å²) >= 11 is 0. The van der Waals surface area contributed by atoms with E-state index in [0.717, 1.165) is 22.2 Å². The molecule has 6 radical (unpaired) electrons. The number of benzene rings is 1. The molecule has 0 aliphatic heterocycles. The van der Waals surface area contributed by atoms with Crippen molar-refractivity contribution in [2.24, 2.45) is 0 Å². The minimum atomic E-state index is -1.79. The van der Waals surface area contributed by atoms with E-state index in [2.05, 4.69) is 15.2 Å². The van der Waals surface area contributed by atoms with Crippen LogP contribution in [-0.4, -0.2) is 44.0 Å². The van der Waals surface area contributed by atoms with Gasteiger partial charge in [-0.1, -0.05) is 18.2 Å². The van der Waals surface area contributed by atoms with Gasteiger partial charge in [0.05, 0.1) is 11.7 Å². The SMILES string of the molecule is [B]C([B])([B])Oc1cc2[nH]ncc2nc1-c1cccc(C)c1C. The Balaban J connectivity index is 2.25. The van der Waals surface area contributed by atoms with E-state index in [9.17, 15) is 0 Å². The van der Waals surface area contributed by atoms with Crippen LogP contribution in [0, 0.1) is 13.8 Å². The number of fused-ring (bicyclic) bond motifs is 1. The second kappa shape index (κ2) is 5.23. The lowest BCUT2D eigenvalue weighted by Crippen LogP contribution is -2.37. The van der Waals surface area contributed by atoms with Crippen molar-refractivity contribution in [2.75, 3.05) is 0 Å². The summed E-state index contributed by atoms with van der Waals surface area (Å²) in [5, 5.41) is 5.02. The van der Waals surface area contributed by atoms with Crippen molar-refractivity contribution in [3.05, 3.63) is 41.6 Å². The maximum atomic E-state index is 5.58. The first-order chi connectivity index (χ1) is 10.3. The van der Waals surface area contributed by atoms with E-state index in [4.69, 9.17) is 28.3 Å². The Bertz CT molecular complexity index is 840. The first-order valence-electron chi connectivity index (χ1n) is 6.81. The van der Waals surface area contributed by atoms with Gasteiger partial charge in [-0.15, -0.1) is 0 Å².